The zero-order valence-corrected chi connectivity index (χ0v) is 13.4. The number of thioether (sulfide) groups is 1. The van der Waals surface area contributed by atoms with Gasteiger partial charge in [0.15, 0.2) is 0 Å². The number of carbonyl (C=O) groups excluding carboxylic acids is 2. The number of primary amides is 1. The van der Waals surface area contributed by atoms with Crippen molar-refractivity contribution in [1.29, 1.82) is 0 Å². The highest BCUT2D eigenvalue weighted by atomic mass is 32.2. The molecule has 0 aromatic heterocycles. The predicted octanol–water partition coefficient (Wildman–Crippen LogP) is 2.19. The standard InChI is InChI=1S/C16H22N2O2S/c1-11-6-12(2)8-13(7-11)14-4-3-5-18(14)16(20)10-21-9-15(17)19/h6-8,14H,3-5,9-10H2,1-2H3,(H2,17,19). The van der Waals surface area contributed by atoms with E-state index in [1.54, 1.807) is 0 Å². The fourth-order valence-corrected chi connectivity index (χ4v) is 3.58. The number of benzene rings is 1. The van der Waals surface area contributed by atoms with E-state index in [0.717, 1.165) is 19.4 Å². The maximum atomic E-state index is 12.3. The van der Waals surface area contributed by atoms with E-state index < -0.39 is 0 Å². The van der Waals surface area contributed by atoms with Gasteiger partial charge in [0.25, 0.3) is 0 Å². The Kier molecular flexibility index (Phi) is 5.28. The first-order chi connectivity index (χ1) is 9.97. The van der Waals surface area contributed by atoms with Crippen LogP contribution in [0.3, 0.4) is 0 Å². The van der Waals surface area contributed by atoms with E-state index in [1.807, 2.05) is 4.90 Å². The fraction of sp³-hybridized carbons (Fsp3) is 0.500. The van der Waals surface area contributed by atoms with Crippen molar-refractivity contribution in [2.24, 2.45) is 5.73 Å². The summed E-state index contributed by atoms with van der Waals surface area (Å²) in [6.07, 6.45) is 2.04. The molecule has 114 valence electrons. The Morgan fingerprint density at radius 2 is 1.90 bits per heavy atom. The van der Waals surface area contributed by atoms with Gasteiger partial charge >= 0.3 is 0 Å². The average molecular weight is 306 g/mol. The molecule has 0 bridgehead atoms. The fourth-order valence-electron chi connectivity index (χ4n) is 2.94. The van der Waals surface area contributed by atoms with Crippen molar-refractivity contribution in [1.82, 2.24) is 4.90 Å². The first-order valence-corrected chi connectivity index (χ1v) is 8.36. The SMILES string of the molecule is Cc1cc(C)cc(C2CCCN2C(=O)CSCC(N)=O)c1. The van der Waals surface area contributed by atoms with Gasteiger partial charge in [-0.15, -0.1) is 11.8 Å². The van der Waals surface area contributed by atoms with Gasteiger partial charge in [0, 0.05) is 6.54 Å². The molecule has 1 heterocycles. The van der Waals surface area contributed by atoms with Crippen molar-refractivity contribution in [2.75, 3.05) is 18.1 Å². The van der Waals surface area contributed by atoms with Crippen LogP contribution in [0, 0.1) is 13.8 Å². The number of likely N-dealkylation sites (tertiary alicyclic amines) is 1. The molecule has 2 rings (SSSR count). The molecule has 1 aromatic rings. The van der Waals surface area contributed by atoms with E-state index in [0.29, 0.717) is 5.75 Å². The molecule has 2 N–H and O–H groups in total. The minimum atomic E-state index is -0.375. The number of hydrogen-bond acceptors (Lipinski definition) is 3. The highest BCUT2D eigenvalue weighted by molar-refractivity contribution is 8.00. The molecule has 1 fully saturated rings. The Morgan fingerprint density at radius 3 is 2.52 bits per heavy atom. The van der Waals surface area contributed by atoms with E-state index in [1.165, 1.54) is 28.5 Å². The summed E-state index contributed by atoms with van der Waals surface area (Å²) in [5, 5.41) is 0. The summed E-state index contributed by atoms with van der Waals surface area (Å²) in [6.45, 7) is 4.97. The third-order valence-corrected chi connectivity index (χ3v) is 4.61. The first-order valence-electron chi connectivity index (χ1n) is 7.21. The van der Waals surface area contributed by atoms with Gasteiger partial charge in [-0.1, -0.05) is 29.3 Å². The summed E-state index contributed by atoms with van der Waals surface area (Å²) >= 11 is 1.29. The third-order valence-electron chi connectivity index (χ3n) is 3.67. The summed E-state index contributed by atoms with van der Waals surface area (Å²) < 4.78 is 0. The van der Waals surface area contributed by atoms with E-state index in [4.69, 9.17) is 5.73 Å². The van der Waals surface area contributed by atoms with Crippen LogP contribution in [0.1, 0.15) is 35.6 Å². The summed E-state index contributed by atoms with van der Waals surface area (Å²) in [5.74, 6) is 0.251. The number of carbonyl (C=O) groups is 2. The molecule has 1 saturated heterocycles. The molecule has 1 atom stereocenters. The Hall–Kier alpha value is -1.49. The van der Waals surface area contributed by atoms with Gasteiger partial charge in [-0.25, -0.2) is 0 Å². The quantitative estimate of drug-likeness (QED) is 0.907. The van der Waals surface area contributed by atoms with Gasteiger partial charge in [-0.05, 0) is 32.3 Å². The number of nitrogens with two attached hydrogens (primary N) is 1. The van der Waals surface area contributed by atoms with Gasteiger partial charge in [0.1, 0.15) is 0 Å². The largest absolute Gasteiger partial charge is 0.369 e. The van der Waals surface area contributed by atoms with Crippen molar-refractivity contribution in [3.8, 4) is 0 Å². The van der Waals surface area contributed by atoms with Crippen LogP contribution in [0.4, 0.5) is 0 Å². The molecule has 1 aliphatic rings. The highest BCUT2D eigenvalue weighted by Crippen LogP contribution is 2.33. The molecule has 4 nitrogen and oxygen atoms in total. The van der Waals surface area contributed by atoms with Gasteiger partial charge < -0.3 is 10.6 Å². The molecule has 5 heteroatoms. The lowest BCUT2D eigenvalue weighted by Crippen LogP contribution is -2.32. The second kappa shape index (κ2) is 6.98. The molecule has 0 aliphatic carbocycles. The number of hydrogen-bond donors (Lipinski definition) is 1. The van der Waals surface area contributed by atoms with Gasteiger partial charge in [0.05, 0.1) is 17.5 Å². The molecule has 2 amide bonds. The molecular formula is C16H22N2O2S. The topological polar surface area (TPSA) is 63.4 Å². The van der Waals surface area contributed by atoms with Crippen LogP contribution in [0.2, 0.25) is 0 Å². The average Bonchev–Trinajstić information content (AvgIpc) is 2.86. The zero-order chi connectivity index (χ0) is 15.4. The third kappa shape index (κ3) is 4.24. The molecule has 21 heavy (non-hydrogen) atoms. The molecule has 1 aromatic carbocycles. The van der Waals surface area contributed by atoms with Crippen LogP contribution in [0.25, 0.3) is 0 Å². The molecule has 0 spiro atoms. The van der Waals surface area contributed by atoms with Crippen LogP contribution < -0.4 is 5.73 Å². The summed E-state index contributed by atoms with van der Waals surface area (Å²) in [5.41, 5.74) is 8.78. The van der Waals surface area contributed by atoms with Crippen molar-refractivity contribution >= 4 is 23.6 Å². The van der Waals surface area contributed by atoms with Crippen molar-refractivity contribution < 1.29 is 9.59 Å². The van der Waals surface area contributed by atoms with E-state index in [2.05, 4.69) is 32.0 Å². The lowest BCUT2D eigenvalue weighted by Gasteiger charge is -2.25. The second-order valence-electron chi connectivity index (χ2n) is 5.63. The highest BCUT2D eigenvalue weighted by Gasteiger charge is 2.29. The van der Waals surface area contributed by atoms with Crippen LogP contribution in [0.5, 0.6) is 0 Å². The van der Waals surface area contributed by atoms with E-state index in [-0.39, 0.29) is 23.6 Å². The summed E-state index contributed by atoms with van der Waals surface area (Å²) in [7, 11) is 0. The number of nitrogens with zero attached hydrogens (tertiary/aromatic N) is 1. The van der Waals surface area contributed by atoms with E-state index in [9.17, 15) is 9.59 Å². The monoisotopic (exact) mass is 306 g/mol. The Balaban J connectivity index is 2.05. The summed E-state index contributed by atoms with van der Waals surface area (Å²) in [6, 6.07) is 6.65. The Labute approximate surface area is 130 Å². The normalized spacial score (nSPS) is 18.0. The molecule has 0 saturated carbocycles. The molecule has 1 aliphatic heterocycles. The van der Waals surface area contributed by atoms with Crippen LogP contribution in [-0.4, -0.2) is 34.8 Å². The Morgan fingerprint density at radius 1 is 1.24 bits per heavy atom. The van der Waals surface area contributed by atoms with Crippen molar-refractivity contribution in [2.45, 2.75) is 32.7 Å². The van der Waals surface area contributed by atoms with Crippen LogP contribution in [-0.2, 0) is 9.59 Å². The van der Waals surface area contributed by atoms with Gasteiger partial charge in [-0.2, -0.15) is 0 Å². The molecule has 1 unspecified atom stereocenters. The van der Waals surface area contributed by atoms with Gasteiger partial charge in [-0.3, -0.25) is 9.59 Å². The summed E-state index contributed by atoms with van der Waals surface area (Å²) in [4.78, 5) is 25.0. The maximum absolute atomic E-state index is 12.3. The smallest absolute Gasteiger partial charge is 0.233 e. The maximum Gasteiger partial charge on any atom is 0.233 e. The minimum Gasteiger partial charge on any atom is -0.369 e. The molecule has 0 radical (unpaired) electrons. The van der Waals surface area contributed by atoms with Crippen molar-refractivity contribution in [3.63, 3.8) is 0 Å². The predicted molar refractivity (Wildman–Crippen MR) is 86.1 cm³/mol. The number of amides is 2. The van der Waals surface area contributed by atoms with Gasteiger partial charge in [0.2, 0.25) is 11.8 Å². The Bertz CT molecular complexity index is 525. The zero-order valence-electron chi connectivity index (χ0n) is 12.6. The second-order valence-corrected chi connectivity index (χ2v) is 6.61. The van der Waals surface area contributed by atoms with Crippen LogP contribution >= 0.6 is 11.8 Å². The van der Waals surface area contributed by atoms with E-state index >= 15 is 0 Å². The lowest BCUT2D eigenvalue weighted by molar-refractivity contribution is -0.129. The van der Waals surface area contributed by atoms with Crippen molar-refractivity contribution in [3.05, 3.63) is 34.9 Å². The lowest BCUT2D eigenvalue weighted by atomic mass is 9.99. The number of aryl methyl sites for hydroxylation is 2. The van der Waals surface area contributed by atoms with Crippen LogP contribution in [0.15, 0.2) is 18.2 Å². The first kappa shape index (κ1) is 15.9. The minimum absolute atomic E-state index is 0.0999. The molecular weight excluding hydrogens is 284 g/mol. The number of rotatable bonds is 5.